The van der Waals surface area contributed by atoms with Crippen LogP contribution >= 0.6 is 11.3 Å². The summed E-state index contributed by atoms with van der Waals surface area (Å²) in [5.41, 5.74) is 0. The molecule has 6 heteroatoms. The average molecular weight is 281 g/mol. The van der Waals surface area contributed by atoms with Crippen molar-refractivity contribution < 1.29 is 9.59 Å². The summed E-state index contributed by atoms with van der Waals surface area (Å²) in [5, 5.41) is 5.55. The second kappa shape index (κ2) is 5.69. The third-order valence-electron chi connectivity index (χ3n) is 3.67. The lowest BCUT2D eigenvalue weighted by Gasteiger charge is -2.37. The van der Waals surface area contributed by atoms with Gasteiger partial charge in [0.2, 0.25) is 11.8 Å². The minimum atomic E-state index is -0.409. The molecule has 1 aliphatic heterocycles. The van der Waals surface area contributed by atoms with Crippen LogP contribution in [0.1, 0.15) is 38.2 Å². The second-order valence-electron chi connectivity index (χ2n) is 4.94. The van der Waals surface area contributed by atoms with E-state index in [-0.39, 0.29) is 30.3 Å². The third-order valence-corrected chi connectivity index (χ3v) is 4.61. The zero-order chi connectivity index (χ0) is 14.0. The quantitative estimate of drug-likeness (QED) is 0.911. The van der Waals surface area contributed by atoms with Gasteiger partial charge in [-0.2, -0.15) is 0 Å². The van der Waals surface area contributed by atoms with Crippen LogP contribution in [0.5, 0.6) is 0 Å². The molecule has 3 atom stereocenters. The van der Waals surface area contributed by atoms with Crippen molar-refractivity contribution in [2.24, 2.45) is 5.92 Å². The van der Waals surface area contributed by atoms with Crippen molar-refractivity contribution >= 4 is 23.2 Å². The van der Waals surface area contributed by atoms with Gasteiger partial charge in [0, 0.05) is 11.6 Å². The van der Waals surface area contributed by atoms with Crippen LogP contribution in [0.15, 0.2) is 11.6 Å². The lowest BCUT2D eigenvalue weighted by Crippen LogP contribution is -2.60. The summed E-state index contributed by atoms with van der Waals surface area (Å²) in [6, 6.07) is -0.557. The molecule has 2 heterocycles. The normalized spacial score (nSPS) is 23.1. The second-order valence-corrected chi connectivity index (χ2v) is 5.87. The summed E-state index contributed by atoms with van der Waals surface area (Å²) < 4.78 is 0. The first-order chi connectivity index (χ1) is 9.04. The van der Waals surface area contributed by atoms with E-state index in [1.54, 1.807) is 11.1 Å². The van der Waals surface area contributed by atoms with E-state index in [4.69, 9.17) is 0 Å². The fourth-order valence-electron chi connectivity index (χ4n) is 2.22. The molecule has 1 N–H and O–H groups in total. The predicted octanol–water partition coefficient (Wildman–Crippen LogP) is 1.58. The van der Waals surface area contributed by atoms with Crippen LogP contribution in [-0.2, 0) is 9.59 Å². The van der Waals surface area contributed by atoms with Crippen molar-refractivity contribution in [2.75, 3.05) is 6.54 Å². The number of piperazine rings is 1. The largest absolute Gasteiger partial charge is 0.342 e. The van der Waals surface area contributed by atoms with E-state index in [0.29, 0.717) is 0 Å². The number of hydrogen-bond acceptors (Lipinski definition) is 4. The Balaban J connectivity index is 2.20. The highest BCUT2D eigenvalue weighted by Gasteiger charge is 2.38. The monoisotopic (exact) mass is 281 g/mol. The zero-order valence-corrected chi connectivity index (χ0v) is 12.2. The number of hydrogen-bond donors (Lipinski definition) is 1. The van der Waals surface area contributed by atoms with E-state index in [2.05, 4.69) is 10.3 Å². The summed E-state index contributed by atoms with van der Waals surface area (Å²) in [6.45, 7) is 6.04. The first kappa shape index (κ1) is 14.0. The van der Waals surface area contributed by atoms with Crippen molar-refractivity contribution in [3.63, 3.8) is 0 Å². The van der Waals surface area contributed by atoms with E-state index in [9.17, 15) is 9.59 Å². The molecular weight excluding hydrogens is 262 g/mol. The first-order valence-corrected chi connectivity index (χ1v) is 7.41. The van der Waals surface area contributed by atoms with Gasteiger partial charge in [-0.3, -0.25) is 9.59 Å². The topological polar surface area (TPSA) is 62.3 Å². The standard InChI is InChI=1S/C13H19N3O2S/c1-4-8(2)11-13(18)16(7-10(17)15-11)9(3)12-14-5-6-19-12/h5-6,8-9,11H,4,7H2,1-3H3,(H,15,17). The number of rotatable bonds is 4. The van der Waals surface area contributed by atoms with Gasteiger partial charge in [-0.1, -0.05) is 20.3 Å². The summed E-state index contributed by atoms with van der Waals surface area (Å²) in [7, 11) is 0. The minimum Gasteiger partial charge on any atom is -0.342 e. The van der Waals surface area contributed by atoms with Crippen molar-refractivity contribution in [2.45, 2.75) is 39.3 Å². The molecule has 3 unspecified atom stereocenters. The molecule has 1 aromatic heterocycles. The number of nitrogens with zero attached hydrogens (tertiary/aromatic N) is 2. The van der Waals surface area contributed by atoms with E-state index < -0.39 is 6.04 Å². The first-order valence-electron chi connectivity index (χ1n) is 6.53. The maximum absolute atomic E-state index is 12.5. The molecule has 2 rings (SSSR count). The number of amides is 2. The molecule has 5 nitrogen and oxygen atoms in total. The molecule has 0 radical (unpaired) electrons. The predicted molar refractivity (Wildman–Crippen MR) is 73.6 cm³/mol. The van der Waals surface area contributed by atoms with E-state index in [0.717, 1.165) is 11.4 Å². The van der Waals surface area contributed by atoms with Crippen molar-refractivity contribution in [1.29, 1.82) is 0 Å². The molecule has 0 bridgehead atoms. The molecule has 1 fully saturated rings. The Labute approximate surface area is 117 Å². The maximum Gasteiger partial charge on any atom is 0.246 e. The van der Waals surface area contributed by atoms with Gasteiger partial charge in [0.1, 0.15) is 17.6 Å². The third kappa shape index (κ3) is 2.78. The fourth-order valence-corrected chi connectivity index (χ4v) is 2.92. The Morgan fingerprint density at radius 2 is 2.26 bits per heavy atom. The van der Waals surface area contributed by atoms with Gasteiger partial charge in [-0.05, 0) is 12.8 Å². The minimum absolute atomic E-state index is 0.00310. The molecule has 0 saturated carbocycles. The molecule has 1 aromatic rings. The average Bonchev–Trinajstić information content (AvgIpc) is 2.93. The summed E-state index contributed by atoms with van der Waals surface area (Å²) in [5.74, 6) is 0.0488. The van der Waals surface area contributed by atoms with E-state index in [1.807, 2.05) is 26.2 Å². The van der Waals surface area contributed by atoms with Gasteiger partial charge in [0.15, 0.2) is 0 Å². The van der Waals surface area contributed by atoms with Gasteiger partial charge in [-0.25, -0.2) is 4.98 Å². The van der Waals surface area contributed by atoms with Gasteiger partial charge in [-0.15, -0.1) is 11.3 Å². The molecule has 19 heavy (non-hydrogen) atoms. The van der Waals surface area contributed by atoms with Crippen LogP contribution in [-0.4, -0.2) is 34.3 Å². The summed E-state index contributed by atoms with van der Waals surface area (Å²) in [6.07, 6.45) is 2.58. The van der Waals surface area contributed by atoms with Crippen LogP contribution in [0, 0.1) is 5.92 Å². The molecule has 104 valence electrons. The summed E-state index contributed by atoms with van der Waals surface area (Å²) in [4.78, 5) is 30.2. The van der Waals surface area contributed by atoms with E-state index in [1.165, 1.54) is 11.3 Å². The molecule has 1 aliphatic rings. The van der Waals surface area contributed by atoms with Gasteiger partial charge in [0.05, 0.1) is 6.04 Å². The highest BCUT2D eigenvalue weighted by atomic mass is 32.1. The smallest absolute Gasteiger partial charge is 0.246 e. The molecule has 0 aromatic carbocycles. The zero-order valence-electron chi connectivity index (χ0n) is 11.4. The van der Waals surface area contributed by atoms with Crippen LogP contribution in [0.3, 0.4) is 0 Å². The molecule has 0 spiro atoms. The number of carbonyl (C=O) groups excluding carboxylic acids is 2. The van der Waals surface area contributed by atoms with Crippen molar-refractivity contribution in [1.82, 2.24) is 15.2 Å². The highest BCUT2D eigenvalue weighted by Crippen LogP contribution is 2.25. The molecular formula is C13H19N3O2S. The number of aromatic nitrogens is 1. The van der Waals surface area contributed by atoms with Crippen LogP contribution in [0.2, 0.25) is 0 Å². The molecule has 1 saturated heterocycles. The summed E-state index contributed by atoms with van der Waals surface area (Å²) >= 11 is 1.51. The van der Waals surface area contributed by atoms with Crippen molar-refractivity contribution in [3.05, 3.63) is 16.6 Å². The number of nitrogens with one attached hydrogen (secondary N) is 1. The Morgan fingerprint density at radius 1 is 1.53 bits per heavy atom. The van der Waals surface area contributed by atoms with E-state index >= 15 is 0 Å². The highest BCUT2D eigenvalue weighted by molar-refractivity contribution is 7.09. The van der Waals surface area contributed by atoms with Crippen molar-refractivity contribution in [3.8, 4) is 0 Å². The Kier molecular flexibility index (Phi) is 4.19. The lowest BCUT2D eigenvalue weighted by molar-refractivity contribution is -0.148. The van der Waals surface area contributed by atoms with Crippen LogP contribution < -0.4 is 5.32 Å². The SMILES string of the molecule is CCC(C)C1NC(=O)CN(C(C)c2nccs2)C1=O. The molecule has 0 aliphatic carbocycles. The maximum atomic E-state index is 12.5. The van der Waals surface area contributed by atoms with Crippen LogP contribution in [0.4, 0.5) is 0 Å². The Bertz CT molecular complexity index is 460. The van der Waals surface area contributed by atoms with Gasteiger partial charge in [0.25, 0.3) is 0 Å². The molecule has 2 amide bonds. The fraction of sp³-hybridized carbons (Fsp3) is 0.615. The lowest BCUT2D eigenvalue weighted by atomic mass is 9.95. The number of carbonyl (C=O) groups is 2. The van der Waals surface area contributed by atoms with Gasteiger partial charge >= 0.3 is 0 Å². The number of thiazole rings is 1. The van der Waals surface area contributed by atoms with Crippen LogP contribution in [0.25, 0.3) is 0 Å². The Hall–Kier alpha value is -1.43. The Morgan fingerprint density at radius 3 is 2.84 bits per heavy atom. The van der Waals surface area contributed by atoms with Gasteiger partial charge < -0.3 is 10.2 Å².